The van der Waals surface area contributed by atoms with Crippen molar-refractivity contribution in [2.75, 3.05) is 26.2 Å². The van der Waals surface area contributed by atoms with Gasteiger partial charge in [0.15, 0.2) is 0 Å². The van der Waals surface area contributed by atoms with E-state index < -0.39 is 22.4 Å². The lowest BCUT2D eigenvalue weighted by atomic mass is 10.2. The van der Waals surface area contributed by atoms with Crippen molar-refractivity contribution in [3.05, 3.63) is 30.1 Å². The van der Waals surface area contributed by atoms with Crippen molar-refractivity contribution >= 4 is 16.3 Å². The van der Waals surface area contributed by atoms with Gasteiger partial charge in [0.25, 0.3) is 10.2 Å². The lowest BCUT2D eigenvalue weighted by Gasteiger charge is -2.30. The largest absolute Gasteiger partial charge is 0.442 e. The number of hydrogen-bond donors (Lipinski definition) is 0. The van der Waals surface area contributed by atoms with Crippen LogP contribution in [0, 0.1) is 0 Å². The molecule has 8 nitrogen and oxygen atoms in total. The van der Waals surface area contributed by atoms with Crippen molar-refractivity contribution in [1.29, 1.82) is 0 Å². The minimum atomic E-state index is -3.48. The highest BCUT2D eigenvalue weighted by molar-refractivity contribution is 7.86. The molecule has 4 rings (SSSR count). The summed E-state index contributed by atoms with van der Waals surface area (Å²) in [6.45, 7) is 1.99. The number of nitrogens with zero attached hydrogens (tertiary/aromatic N) is 4. The Bertz CT molecular complexity index is 736. The van der Waals surface area contributed by atoms with Gasteiger partial charge in [-0.3, -0.25) is 9.88 Å². The fourth-order valence-electron chi connectivity index (χ4n) is 3.77. The Morgan fingerprint density at radius 3 is 2.64 bits per heavy atom. The number of pyridine rings is 1. The first-order valence-corrected chi connectivity index (χ1v) is 10.1. The molecule has 3 aliphatic rings. The molecular weight excluding hydrogens is 344 g/mol. The number of hydrogen-bond acceptors (Lipinski definition) is 5. The van der Waals surface area contributed by atoms with Crippen LogP contribution < -0.4 is 0 Å². The van der Waals surface area contributed by atoms with Crippen molar-refractivity contribution in [2.24, 2.45) is 0 Å². The summed E-state index contributed by atoms with van der Waals surface area (Å²) < 4.78 is 34.1. The Balaban J connectivity index is 1.48. The monoisotopic (exact) mass is 366 g/mol. The lowest BCUT2D eigenvalue weighted by molar-refractivity contribution is 0.127. The number of fused-ring (bicyclic) bond motifs is 1. The predicted molar refractivity (Wildman–Crippen MR) is 89.8 cm³/mol. The summed E-state index contributed by atoms with van der Waals surface area (Å²) in [6, 6.07) is 5.27. The Morgan fingerprint density at radius 1 is 1.12 bits per heavy atom. The van der Waals surface area contributed by atoms with Gasteiger partial charge in [-0.25, -0.2) is 4.79 Å². The Kier molecular flexibility index (Phi) is 4.38. The van der Waals surface area contributed by atoms with Crippen molar-refractivity contribution < 1.29 is 17.9 Å². The molecule has 3 aliphatic heterocycles. The number of ether oxygens (including phenoxy) is 1. The zero-order chi connectivity index (χ0) is 17.4. The molecule has 1 aromatic rings. The molecule has 0 aliphatic carbocycles. The van der Waals surface area contributed by atoms with Gasteiger partial charge in [-0.05, 0) is 25.0 Å². The van der Waals surface area contributed by atoms with Gasteiger partial charge >= 0.3 is 6.09 Å². The average molecular weight is 366 g/mol. The van der Waals surface area contributed by atoms with Crippen LogP contribution in [0.15, 0.2) is 24.4 Å². The number of carbonyl (C=O) groups is 1. The summed E-state index contributed by atoms with van der Waals surface area (Å²) >= 11 is 0. The topological polar surface area (TPSA) is 83.0 Å². The van der Waals surface area contributed by atoms with E-state index in [4.69, 9.17) is 4.74 Å². The summed E-state index contributed by atoms with van der Waals surface area (Å²) in [6.07, 6.45) is 3.76. The quantitative estimate of drug-likeness (QED) is 0.788. The minimum Gasteiger partial charge on any atom is -0.442 e. The van der Waals surface area contributed by atoms with Crippen LogP contribution in [-0.4, -0.2) is 71.3 Å². The minimum absolute atomic E-state index is 0.230. The van der Waals surface area contributed by atoms with Crippen LogP contribution >= 0.6 is 0 Å². The van der Waals surface area contributed by atoms with Gasteiger partial charge in [0, 0.05) is 25.8 Å². The molecule has 25 heavy (non-hydrogen) atoms. The summed E-state index contributed by atoms with van der Waals surface area (Å²) in [7, 11) is -3.48. The van der Waals surface area contributed by atoms with Crippen LogP contribution in [0.3, 0.4) is 0 Å². The van der Waals surface area contributed by atoms with E-state index in [1.807, 2.05) is 18.2 Å². The molecule has 1 amide bonds. The van der Waals surface area contributed by atoms with E-state index in [2.05, 4.69) is 4.98 Å². The molecule has 0 N–H and O–H groups in total. The fourth-order valence-corrected chi connectivity index (χ4v) is 5.49. The standard InChI is InChI=1S/C16H22N4O4S/c21-16-20(10-13-6-2-3-7-17-13)14-11-19(12-15(14)24-16)25(22,23)18-8-4-1-5-9-18/h2-3,6-7,14-15H,1,4-5,8-12H2/t14-,15+/m0/s1. The van der Waals surface area contributed by atoms with E-state index in [1.54, 1.807) is 15.4 Å². The predicted octanol–water partition coefficient (Wildman–Crippen LogP) is 0.817. The molecule has 0 saturated carbocycles. The molecule has 1 aromatic heterocycles. The number of rotatable bonds is 4. The van der Waals surface area contributed by atoms with Gasteiger partial charge in [0.1, 0.15) is 6.10 Å². The normalized spacial score (nSPS) is 28.2. The Labute approximate surface area is 147 Å². The molecule has 136 valence electrons. The van der Waals surface area contributed by atoms with E-state index in [9.17, 15) is 13.2 Å². The highest BCUT2D eigenvalue weighted by Gasteiger charge is 2.51. The highest BCUT2D eigenvalue weighted by atomic mass is 32.2. The maximum atomic E-state index is 12.8. The number of aromatic nitrogens is 1. The Morgan fingerprint density at radius 2 is 1.92 bits per heavy atom. The van der Waals surface area contributed by atoms with Gasteiger partial charge in [-0.1, -0.05) is 12.5 Å². The number of carbonyl (C=O) groups excluding carboxylic acids is 1. The van der Waals surface area contributed by atoms with Crippen LogP contribution in [0.2, 0.25) is 0 Å². The van der Waals surface area contributed by atoms with E-state index in [0.717, 1.165) is 25.0 Å². The molecule has 2 atom stereocenters. The first kappa shape index (κ1) is 16.7. The van der Waals surface area contributed by atoms with Gasteiger partial charge in [0.2, 0.25) is 0 Å². The molecular formula is C16H22N4O4S. The van der Waals surface area contributed by atoms with Crippen molar-refractivity contribution in [2.45, 2.75) is 38.0 Å². The van der Waals surface area contributed by atoms with Crippen molar-refractivity contribution in [3.63, 3.8) is 0 Å². The second-order valence-corrected chi connectivity index (χ2v) is 8.65. The zero-order valence-electron chi connectivity index (χ0n) is 14.0. The summed E-state index contributed by atoms with van der Waals surface area (Å²) in [5, 5.41) is 0. The first-order valence-electron chi connectivity index (χ1n) is 8.68. The molecule has 0 radical (unpaired) electrons. The number of piperidine rings is 1. The molecule has 4 heterocycles. The summed E-state index contributed by atoms with van der Waals surface area (Å²) in [5.74, 6) is 0. The summed E-state index contributed by atoms with van der Waals surface area (Å²) in [4.78, 5) is 18.0. The molecule has 0 spiro atoms. The molecule has 9 heteroatoms. The van der Waals surface area contributed by atoms with Gasteiger partial charge in [-0.15, -0.1) is 0 Å². The van der Waals surface area contributed by atoms with Crippen molar-refractivity contribution in [3.8, 4) is 0 Å². The van der Waals surface area contributed by atoms with Crippen LogP contribution in [-0.2, 0) is 21.5 Å². The second kappa shape index (κ2) is 6.54. The second-order valence-electron chi connectivity index (χ2n) is 6.72. The van der Waals surface area contributed by atoms with Crippen molar-refractivity contribution in [1.82, 2.24) is 18.5 Å². The van der Waals surface area contributed by atoms with E-state index in [0.29, 0.717) is 19.6 Å². The first-order chi connectivity index (χ1) is 12.1. The zero-order valence-corrected chi connectivity index (χ0v) is 14.8. The van der Waals surface area contributed by atoms with Crippen LogP contribution in [0.5, 0.6) is 0 Å². The molecule has 0 unspecified atom stereocenters. The van der Waals surface area contributed by atoms with Gasteiger partial charge in [0.05, 0.1) is 24.8 Å². The number of amides is 1. The van der Waals surface area contributed by atoms with E-state index in [-0.39, 0.29) is 19.1 Å². The molecule has 3 fully saturated rings. The average Bonchev–Trinajstić information content (AvgIpc) is 3.16. The SMILES string of the molecule is O=C1O[C@@H]2CN(S(=O)(=O)N3CCCCC3)C[C@@H]2N1Cc1ccccn1. The van der Waals surface area contributed by atoms with Gasteiger partial charge in [-0.2, -0.15) is 17.0 Å². The van der Waals surface area contributed by atoms with Crippen LogP contribution in [0.4, 0.5) is 4.79 Å². The third-order valence-corrected chi connectivity index (χ3v) is 7.09. The van der Waals surface area contributed by atoms with E-state index >= 15 is 0 Å². The van der Waals surface area contributed by atoms with Crippen LogP contribution in [0.25, 0.3) is 0 Å². The molecule has 0 bridgehead atoms. The maximum absolute atomic E-state index is 12.8. The Hall–Kier alpha value is -1.71. The van der Waals surface area contributed by atoms with Gasteiger partial charge < -0.3 is 4.74 Å². The van der Waals surface area contributed by atoms with E-state index in [1.165, 1.54) is 4.31 Å². The third-order valence-electron chi connectivity index (χ3n) is 5.12. The lowest BCUT2D eigenvalue weighted by Crippen LogP contribution is -2.46. The highest BCUT2D eigenvalue weighted by Crippen LogP contribution is 2.31. The smallest absolute Gasteiger partial charge is 0.410 e. The third kappa shape index (κ3) is 3.11. The molecule has 0 aromatic carbocycles. The fraction of sp³-hybridized carbons (Fsp3) is 0.625. The summed E-state index contributed by atoms with van der Waals surface area (Å²) in [5.41, 5.74) is 0.762. The molecule has 3 saturated heterocycles. The maximum Gasteiger partial charge on any atom is 0.410 e. The van der Waals surface area contributed by atoms with Crippen LogP contribution in [0.1, 0.15) is 25.0 Å².